The summed E-state index contributed by atoms with van der Waals surface area (Å²) in [4.78, 5) is 35.9. The van der Waals surface area contributed by atoms with E-state index in [-0.39, 0.29) is 6.61 Å². The molecule has 1 aliphatic heterocycles. The molecular formula is C29H30ClNO8. The minimum absolute atomic E-state index is 0.124. The quantitative estimate of drug-likeness (QED) is 0.333. The van der Waals surface area contributed by atoms with Crippen LogP contribution < -0.4 is 0 Å². The third-order valence-electron chi connectivity index (χ3n) is 7.03. The number of aromatic nitrogens is 1. The Balaban J connectivity index is 1.58. The summed E-state index contributed by atoms with van der Waals surface area (Å²) >= 11 is 6.64. The number of esters is 3. The molecule has 10 heteroatoms. The average Bonchev–Trinajstić information content (AvgIpc) is 3.66. The van der Waals surface area contributed by atoms with E-state index in [0.29, 0.717) is 33.0 Å². The number of nitrogens with zero attached hydrogens (tertiary/aromatic N) is 1. The Bertz CT molecular complexity index is 1400. The minimum Gasteiger partial charge on any atom is -0.456 e. The molecular weight excluding hydrogens is 526 g/mol. The Hall–Kier alpha value is -3.40. The van der Waals surface area contributed by atoms with Crippen LogP contribution in [0.4, 0.5) is 0 Å². The number of rotatable bonds is 7. The molecule has 0 bridgehead atoms. The molecule has 5 atom stereocenters. The number of hydrogen-bond acceptors (Lipinski definition) is 8. The SMILES string of the molecule is CC(=O)O[C@@H]1[C@@H](OC(C)=O)[C@H](OC(C)=O)CO[C@H]1n1cc(C(O)c2ccc(C3CC3)cc2)c2c(Cl)cccc21. The molecule has 2 heterocycles. The average molecular weight is 556 g/mol. The van der Waals surface area contributed by atoms with Crippen LogP contribution in [0.25, 0.3) is 10.9 Å². The van der Waals surface area contributed by atoms with Crippen LogP contribution in [0.15, 0.2) is 48.7 Å². The van der Waals surface area contributed by atoms with Crippen molar-refractivity contribution in [1.82, 2.24) is 4.57 Å². The highest BCUT2D eigenvalue weighted by Crippen LogP contribution is 2.42. The van der Waals surface area contributed by atoms with Crippen molar-refractivity contribution in [3.8, 4) is 0 Å². The van der Waals surface area contributed by atoms with E-state index in [2.05, 4.69) is 0 Å². The Morgan fingerprint density at radius 3 is 2.21 bits per heavy atom. The van der Waals surface area contributed by atoms with Gasteiger partial charge in [-0.3, -0.25) is 14.4 Å². The van der Waals surface area contributed by atoms with Gasteiger partial charge in [-0.15, -0.1) is 0 Å². The van der Waals surface area contributed by atoms with Gasteiger partial charge in [-0.2, -0.15) is 0 Å². The third-order valence-corrected chi connectivity index (χ3v) is 7.35. The summed E-state index contributed by atoms with van der Waals surface area (Å²) in [7, 11) is 0. The van der Waals surface area contributed by atoms with Gasteiger partial charge in [-0.25, -0.2) is 0 Å². The molecule has 1 aliphatic carbocycles. The van der Waals surface area contributed by atoms with E-state index < -0.39 is 48.6 Å². The lowest BCUT2D eigenvalue weighted by molar-refractivity contribution is -0.239. The molecule has 5 rings (SSSR count). The van der Waals surface area contributed by atoms with Crippen LogP contribution in [0.5, 0.6) is 0 Å². The molecule has 9 nitrogen and oxygen atoms in total. The van der Waals surface area contributed by atoms with Gasteiger partial charge in [0.1, 0.15) is 6.10 Å². The van der Waals surface area contributed by atoms with Gasteiger partial charge in [0, 0.05) is 37.9 Å². The van der Waals surface area contributed by atoms with Gasteiger partial charge >= 0.3 is 17.9 Å². The standard InChI is InChI=1S/C29H30ClNO8/c1-15(32)37-24-14-36-29(28(39-17(3)34)27(24)38-16(2)33)31-13-21(25-22(30)5-4-6-23(25)31)26(35)20-11-9-19(10-12-20)18-7-8-18/h4-6,9-13,18,24,26-29,35H,7-8,14H2,1-3H3/t24-,26?,27+,28-,29-/m1/s1. The van der Waals surface area contributed by atoms with E-state index >= 15 is 0 Å². The van der Waals surface area contributed by atoms with Crippen molar-refractivity contribution in [2.75, 3.05) is 6.61 Å². The molecule has 1 N–H and O–H groups in total. The molecule has 2 fully saturated rings. The maximum Gasteiger partial charge on any atom is 0.303 e. The van der Waals surface area contributed by atoms with Gasteiger partial charge in [0.25, 0.3) is 0 Å². The lowest BCUT2D eigenvalue weighted by Gasteiger charge is -2.41. The van der Waals surface area contributed by atoms with Crippen LogP contribution in [-0.2, 0) is 33.3 Å². The monoisotopic (exact) mass is 555 g/mol. The van der Waals surface area contributed by atoms with E-state index in [4.69, 9.17) is 30.5 Å². The Kier molecular flexibility index (Phi) is 7.66. The van der Waals surface area contributed by atoms with Crippen LogP contribution in [0, 0.1) is 0 Å². The second-order valence-corrected chi connectivity index (χ2v) is 10.4. The number of benzene rings is 2. The smallest absolute Gasteiger partial charge is 0.303 e. The molecule has 0 radical (unpaired) electrons. The highest BCUT2D eigenvalue weighted by Gasteiger charge is 2.48. The number of carbonyl (C=O) groups excluding carboxylic acids is 3. The highest BCUT2D eigenvalue weighted by atomic mass is 35.5. The fraction of sp³-hybridized carbons (Fsp3) is 0.414. The maximum absolute atomic E-state index is 12.1. The zero-order valence-electron chi connectivity index (χ0n) is 21.8. The first-order valence-corrected chi connectivity index (χ1v) is 13.2. The highest BCUT2D eigenvalue weighted by molar-refractivity contribution is 6.35. The van der Waals surface area contributed by atoms with Crippen molar-refractivity contribution in [2.45, 2.75) is 70.2 Å². The van der Waals surface area contributed by atoms with Crippen LogP contribution in [0.1, 0.15) is 68.6 Å². The first-order chi connectivity index (χ1) is 18.6. The first kappa shape index (κ1) is 27.2. The van der Waals surface area contributed by atoms with Crippen molar-refractivity contribution < 1.29 is 38.4 Å². The molecule has 3 aromatic rings. The molecule has 1 saturated heterocycles. The molecule has 1 saturated carbocycles. The summed E-state index contributed by atoms with van der Waals surface area (Å²) in [6.07, 6.45) is -1.21. The van der Waals surface area contributed by atoms with E-state index in [0.717, 1.165) is 0 Å². The molecule has 0 spiro atoms. The fourth-order valence-corrected chi connectivity index (χ4v) is 5.50. The summed E-state index contributed by atoms with van der Waals surface area (Å²) in [5.41, 5.74) is 3.10. The summed E-state index contributed by atoms with van der Waals surface area (Å²) in [5, 5.41) is 12.5. The van der Waals surface area contributed by atoms with Gasteiger partial charge < -0.3 is 28.6 Å². The predicted molar refractivity (Wildman–Crippen MR) is 141 cm³/mol. The zero-order chi connectivity index (χ0) is 27.8. The number of fused-ring (bicyclic) bond motifs is 1. The van der Waals surface area contributed by atoms with Crippen molar-refractivity contribution in [3.05, 3.63) is 70.4 Å². The van der Waals surface area contributed by atoms with E-state index in [1.165, 1.54) is 39.2 Å². The fourth-order valence-electron chi connectivity index (χ4n) is 5.22. The third kappa shape index (κ3) is 5.66. The number of halogens is 1. The number of carbonyl (C=O) groups is 3. The normalized spacial score (nSPS) is 23.7. The van der Waals surface area contributed by atoms with Gasteiger partial charge in [0.15, 0.2) is 24.5 Å². The summed E-state index contributed by atoms with van der Waals surface area (Å²) in [6, 6.07) is 13.2. The van der Waals surface area contributed by atoms with Crippen molar-refractivity contribution in [1.29, 1.82) is 0 Å². The number of aliphatic hydroxyl groups is 1. The second-order valence-electron chi connectivity index (χ2n) is 9.99. The van der Waals surface area contributed by atoms with Crippen molar-refractivity contribution >= 4 is 40.4 Å². The Morgan fingerprint density at radius 1 is 0.949 bits per heavy atom. The Morgan fingerprint density at radius 2 is 1.59 bits per heavy atom. The number of aliphatic hydroxyl groups excluding tert-OH is 1. The Labute approximate surface area is 230 Å². The maximum atomic E-state index is 12.1. The van der Waals surface area contributed by atoms with E-state index in [1.54, 1.807) is 29.0 Å². The first-order valence-electron chi connectivity index (χ1n) is 12.8. The zero-order valence-corrected chi connectivity index (χ0v) is 22.6. The van der Waals surface area contributed by atoms with Crippen LogP contribution in [0.3, 0.4) is 0 Å². The van der Waals surface area contributed by atoms with Crippen molar-refractivity contribution in [2.24, 2.45) is 0 Å². The summed E-state index contributed by atoms with van der Waals surface area (Å²) in [6.45, 7) is 3.54. The van der Waals surface area contributed by atoms with Crippen LogP contribution >= 0.6 is 11.6 Å². The number of hydrogen-bond donors (Lipinski definition) is 1. The number of ether oxygens (including phenoxy) is 4. The predicted octanol–water partition coefficient (Wildman–Crippen LogP) is 4.58. The molecule has 1 unspecified atom stereocenters. The lowest BCUT2D eigenvalue weighted by atomic mass is 9.99. The minimum atomic E-state index is -1.16. The van der Waals surface area contributed by atoms with Crippen molar-refractivity contribution in [3.63, 3.8) is 0 Å². The molecule has 39 heavy (non-hydrogen) atoms. The van der Waals surface area contributed by atoms with Crippen LogP contribution in [0.2, 0.25) is 5.02 Å². The van der Waals surface area contributed by atoms with Gasteiger partial charge in [0.05, 0.1) is 17.1 Å². The summed E-state index contributed by atoms with van der Waals surface area (Å²) in [5.74, 6) is -1.28. The largest absolute Gasteiger partial charge is 0.456 e. The van der Waals surface area contributed by atoms with E-state index in [1.807, 2.05) is 24.3 Å². The molecule has 0 amide bonds. The molecule has 1 aromatic heterocycles. The van der Waals surface area contributed by atoms with Gasteiger partial charge in [0.2, 0.25) is 0 Å². The molecule has 206 valence electrons. The molecule has 2 aromatic carbocycles. The second kappa shape index (κ2) is 11.0. The van der Waals surface area contributed by atoms with Gasteiger partial charge in [-0.05, 0) is 42.0 Å². The van der Waals surface area contributed by atoms with E-state index in [9.17, 15) is 19.5 Å². The van der Waals surface area contributed by atoms with Gasteiger partial charge in [-0.1, -0.05) is 41.9 Å². The topological polar surface area (TPSA) is 113 Å². The summed E-state index contributed by atoms with van der Waals surface area (Å²) < 4.78 is 24.2. The lowest BCUT2D eigenvalue weighted by Crippen LogP contribution is -2.55. The molecule has 2 aliphatic rings. The van der Waals surface area contributed by atoms with Crippen LogP contribution in [-0.4, -0.2) is 52.5 Å².